The van der Waals surface area contributed by atoms with Gasteiger partial charge in [0, 0.05) is 10.5 Å². The number of quaternary nitrogens is 1. The minimum atomic E-state index is 0.0273. The van der Waals surface area contributed by atoms with E-state index in [0.717, 1.165) is 33.2 Å². The van der Waals surface area contributed by atoms with E-state index in [9.17, 15) is 4.79 Å². The van der Waals surface area contributed by atoms with E-state index in [1.165, 1.54) is 10.9 Å². The molecule has 4 nitrogen and oxygen atoms in total. The predicted molar refractivity (Wildman–Crippen MR) is 113 cm³/mol. The van der Waals surface area contributed by atoms with Crippen molar-refractivity contribution in [2.45, 2.75) is 11.4 Å². The molecule has 140 valence electrons. The second-order valence-corrected chi connectivity index (χ2v) is 7.45. The summed E-state index contributed by atoms with van der Waals surface area (Å²) < 4.78 is 5.28. The number of fused-ring (bicyclic) bond motifs is 1. The second kappa shape index (κ2) is 8.93. The monoisotopic (exact) mass is 381 g/mol. The highest BCUT2D eigenvalue weighted by Crippen LogP contribution is 2.24. The molecule has 5 heteroatoms. The van der Waals surface area contributed by atoms with Gasteiger partial charge in [-0.05, 0) is 47.4 Å². The number of hydrogen-bond donors (Lipinski definition) is 2. The van der Waals surface area contributed by atoms with Gasteiger partial charge in [0.25, 0.3) is 5.91 Å². The summed E-state index contributed by atoms with van der Waals surface area (Å²) in [6, 6.07) is 20.4. The highest BCUT2D eigenvalue weighted by Gasteiger charge is 2.12. The molecule has 3 rings (SSSR count). The van der Waals surface area contributed by atoms with Gasteiger partial charge in [-0.25, -0.2) is 0 Å². The lowest BCUT2D eigenvalue weighted by atomic mass is 10.1. The smallest absolute Gasteiger partial charge is 0.279 e. The minimum Gasteiger partial charge on any atom is -0.497 e. The lowest BCUT2D eigenvalue weighted by molar-refractivity contribution is -0.885. The van der Waals surface area contributed by atoms with Crippen molar-refractivity contribution in [1.82, 2.24) is 0 Å². The molecule has 1 amide bonds. The van der Waals surface area contributed by atoms with E-state index in [2.05, 4.69) is 29.6 Å². The zero-order chi connectivity index (χ0) is 19.2. The van der Waals surface area contributed by atoms with Crippen LogP contribution < -0.4 is 15.0 Å². The number of amides is 1. The Bertz CT molecular complexity index is 942. The van der Waals surface area contributed by atoms with Crippen LogP contribution in [0.4, 0.5) is 5.69 Å². The first-order valence-electron chi connectivity index (χ1n) is 8.90. The Labute approximate surface area is 164 Å². The van der Waals surface area contributed by atoms with Crippen LogP contribution in [0.2, 0.25) is 0 Å². The third-order valence-electron chi connectivity index (χ3n) is 4.46. The molecule has 0 bridgehead atoms. The van der Waals surface area contributed by atoms with Gasteiger partial charge in [-0.1, -0.05) is 30.3 Å². The van der Waals surface area contributed by atoms with Crippen LogP contribution in [-0.2, 0) is 11.3 Å². The lowest BCUT2D eigenvalue weighted by Gasteiger charge is -2.15. The van der Waals surface area contributed by atoms with Gasteiger partial charge < -0.3 is 15.0 Å². The van der Waals surface area contributed by atoms with Crippen molar-refractivity contribution in [3.63, 3.8) is 0 Å². The summed E-state index contributed by atoms with van der Waals surface area (Å²) in [5, 5.41) is 5.36. The highest BCUT2D eigenvalue weighted by molar-refractivity contribution is 7.98. The molecular formula is C22H25N2O2S+. The molecule has 0 saturated heterocycles. The third-order valence-corrected chi connectivity index (χ3v) is 5.26. The molecule has 0 aliphatic heterocycles. The van der Waals surface area contributed by atoms with Crippen LogP contribution in [0.5, 0.6) is 5.75 Å². The summed E-state index contributed by atoms with van der Waals surface area (Å²) in [5.74, 6) is 0.889. The SMILES string of the molecule is COc1ccc2cc(C[NH+](C)CC(=O)Nc3ccccc3SC)ccc2c1. The third kappa shape index (κ3) is 5.02. The van der Waals surface area contributed by atoms with Gasteiger partial charge >= 0.3 is 0 Å². The predicted octanol–water partition coefficient (Wildman–Crippen LogP) is 3.22. The fourth-order valence-electron chi connectivity index (χ4n) is 3.14. The van der Waals surface area contributed by atoms with Crippen LogP contribution in [0.3, 0.4) is 0 Å². The summed E-state index contributed by atoms with van der Waals surface area (Å²) in [7, 11) is 3.72. The summed E-state index contributed by atoms with van der Waals surface area (Å²) in [5.41, 5.74) is 2.09. The van der Waals surface area contributed by atoms with Gasteiger partial charge in [-0.15, -0.1) is 11.8 Å². The Morgan fingerprint density at radius 2 is 1.81 bits per heavy atom. The van der Waals surface area contributed by atoms with Crippen molar-refractivity contribution in [2.24, 2.45) is 0 Å². The summed E-state index contributed by atoms with van der Waals surface area (Å²) in [4.78, 5) is 14.6. The van der Waals surface area contributed by atoms with Crippen molar-refractivity contribution < 1.29 is 14.4 Å². The first-order valence-corrected chi connectivity index (χ1v) is 10.1. The van der Waals surface area contributed by atoms with Gasteiger partial charge in [-0.3, -0.25) is 4.79 Å². The number of hydrogen-bond acceptors (Lipinski definition) is 3. The molecule has 3 aromatic carbocycles. The quantitative estimate of drug-likeness (QED) is 0.618. The number of carbonyl (C=O) groups is 1. The van der Waals surface area contributed by atoms with Crippen molar-refractivity contribution in [3.05, 3.63) is 66.2 Å². The van der Waals surface area contributed by atoms with E-state index in [4.69, 9.17) is 4.74 Å². The van der Waals surface area contributed by atoms with E-state index in [-0.39, 0.29) is 5.91 Å². The number of para-hydroxylation sites is 1. The Kier molecular flexibility index (Phi) is 6.37. The Morgan fingerprint density at radius 1 is 1.07 bits per heavy atom. The van der Waals surface area contributed by atoms with Crippen LogP contribution in [0.25, 0.3) is 10.8 Å². The fourth-order valence-corrected chi connectivity index (χ4v) is 3.69. The van der Waals surface area contributed by atoms with Crippen LogP contribution in [0, 0.1) is 0 Å². The van der Waals surface area contributed by atoms with Gasteiger partial charge in [-0.2, -0.15) is 0 Å². The van der Waals surface area contributed by atoms with E-state index in [1.54, 1.807) is 18.9 Å². The molecule has 0 aliphatic rings. The molecule has 0 aliphatic carbocycles. The average molecular weight is 382 g/mol. The number of likely N-dealkylation sites (N-methyl/N-ethyl adjacent to an activating group) is 1. The highest BCUT2D eigenvalue weighted by atomic mass is 32.2. The number of thioether (sulfide) groups is 1. The van der Waals surface area contributed by atoms with Crippen LogP contribution in [0.15, 0.2) is 65.6 Å². The number of ether oxygens (including phenoxy) is 1. The normalized spacial score (nSPS) is 12.0. The van der Waals surface area contributed by atoms with E-state index in [1.807, 2.05) is 49.7 Å². The first-order chi connectivity index (χ1) is 13.1. The minimum absolute atomic E-state index is 0.0273. The number of nitrogens with one attached hydrogen (secondary N) is 2. The van der Waals surface area contributed by atoms with Crippen molar-refractivity contribution >= 4 is 34.1 Å². The van der Waals surface area contributed by atoms with E-state index < -0.39 is 0 Å². The number of anilines is 1. The maximum absolute atomic E-state index is 12.4. The number of rotatable bonds is 7. The Hall–Kier alpha value is -2.50. The topological polar surface area (TPSA) is 42.8 Å². The molecule has 0 heterocycles. The summed E-state index contributed by atoms with van der Waals surface area (Å²) >= 11 is 1.63. The van der Waals surface area contributed by atoms with Crippen molar-refractivity contribution in [2.75, 3.05) is 32.3 Å². The average Bonchev–Trinajstić information content (AvgIpc) is 2.67. The zero-order valence-corrected chi connectivity index (χ0v) is 16.7. The molecule has 1 unspecified atom stereocenters. The fraction of sp³-hybridized carbons (Fsp3) is 0.227. The maximum atomic E-state index is 12.4. The molecule has 1 atom stereocenters. The molecule has 3 aromatic rings. The van der Waals surface area contributed by atoms with Gasteiger partial charge in [0.1, 0.15) is 12.3 Å². The van der Waals surface area contributed by atoms with E-state index >= 15 is 0 Å². The number of benzene rings is 3. The van der Waals surface area contributed by atoms with E-state index in [0.29, 0.717) is 6.54 Å². The standard InChI is InChI=1S/C22H24N2O2S/c1-24(15-22(25)23-20-6-4-5-7-21(20)27-3)14-16-8-9-18-13-19(26-2)11-10-17(18)12-16/h4-13H,14-15H2,1-3H3,(H,23,25)/p+1. The molecule has 0 aromatic heterocycles. The first kappa shape index (κ1) is 19.3. The van der Waals surface area contributed by atoms with Gasteiger partial charge in [0.2, 0.25) is 0 Å². The van der Waals surface area contributed by atoms with Crippen LogP contribution in [0.1, 0.15) is 5.56 Å². The van der Waals surface area contributed by atoms with Gasteiger partial charge in [0.15, 0.2) is 6.54 Å². The molecule has 0 fully saturated rings. The number of carbonyl (C=O) groups excluding carboxylic acids is 1. The lowest BCUT2D eigenvalue weighted by Crippen LogP contribution is -3.08. The Morgan fingerprint density at radius 3 is 2.59 bits per heavy atom. The number of methoxy groups -OCH3 is 1. The molecule has 27 heavy (non-hydrogen) atoms. The molecule has 0 spiro atoms. The van der Waals surface area contributed by atoms with Crippen LogP contribution in [-0.4, -0.2) is 32.9 Å². The van der Waals surface area contributed by atoms with Gasteiger partial charge in [0.05, 0.1) is 19.8 Å². The Balaban J connectivity index is 1.62. The molecule has 2 N–H and O–H groups in total. The zero-order valence-electron chi connectivity index (χ0n) is 15.9. The second-order valence-electron chi connectivity index (χ2n) is 6.61. The molecule has 0 radical (unpaired) electrons. The van der Waals surface area contributed by atoms with Crippen molar-refractivity contribution in [1.29, 1.82) is 0 Å². The summed E-state index contributed by atoms with van der Waals surface area (Å²) in [6.07, 6.45) is 2.01. The maximum Gasteiger partial charge on any atom is 0.279 e. The van der Waals surface area contributed by atoms with Crippen LogP contribution >= 0.6 is 11.8 Å². The molecule has 0 saturated carbocycles. The van der Waals surface area contributed by atoms with Crippen molar-refractivity contribution in [3.8, 4) is 5.75 Å². The molecular weight excluding hydrogens is 356 g/mol. The largest absolute Gasteiger partial charge is 0.497 e. The summed E-state index contributed by atoms with van der Waals surface area (Å²) in [6.45, 7) is 1.21.